The average Bonchev–Trinajstić information content (AvgIpc) is 2.51. The summed E-state index contributed by atoms with van der Waals surface area (Å²) < 4.78 is 5.12. The molecule has 6 nitrogen and oxygen atoms in total. The highest BCUT2D eigenvalue weighted by Gasteiger charge is 2.23. The molecule has 0 saturated carbocycles. The zero-order chi connectivity index (χ0) is 15.7. The van der Waals surface area contributed by atoms with Crippen LogP contribution in [0.1, 0.15) is 44.1 Å². The molecule has 1 heterocycles. The third-order valence-corrected chi connectivity index (χ3v) is 3.39. The molecule has 0 aliphatic rings. The minimum Gasteiger partial charge on any atom is -0.383 e. The highest BCUT2D eigenvalue weighted by Crippen LogP contribution is 2.13. The van der Waals surface area contributed by atoms with E-state index >= 15 is 0 Å². The van der Waals surface area contributed by atoms with Gasteiger partial charge in [-0.15, -0.1) is 0 Å². The number of hydrogen-bond donors (Lipinski definition) is 1. The van der Waals surface area contributed by atoms with Gasteiger partial charge in [-0.25, -0.2) is 4.98 Å². The van der Waals surface area contributed by atoms with Crippen molar-refractivity contribution >= 4 is 11.7 Å². The van der Waals surface area contributed by atoms with Gasteiger partial charge in [0.2, 0.25) is 0 Å². The molecule has 0 radical (unpaired) electrons. The number of aromatic nitrogens is 2. The van der Waals surface area contributed by atoms with Crippen molar-refractivity contribution in [1.29, 1.82) is 0 Å². The van der Waals surface area contributed by atoms with Crippen molar-refractivity contribution in [2.75, 3.05) is 32.1 Å². The molecular weight excluding hydrogens is 268 g/mol. The molecule has 1 amide bonds. The molecule has 21 heavy (non-hydrogen) atoms. The van der Waals surface area contributed by atoms with Crippen LogP contribution in [0.4, 0.5) is 5.82 Å². The van der Waals surface area contributed by atoms with Crippen LogP contribution in [-0.2, 0) is 4.74 Å². The second-order valence-corrected chi connectivity index (χ2v) is 4.78. The van der Waals surface area contributed by atoms with E-state index in [1.54, 1.807) is 13.3 Å². The monoisotopic (exact) mass is 294 g/mol. The number of amides is 1. The number of ether oxygens (including phenoxy) is 1. The zero-order valence-electron chi connectivity index (χ0n) is 13.4. The Hall–Kier alpha value is -1.69. The molecule has 0 saturated heterocycles. The molecule has 0 aliphatic carbocycles. The average molecular weight is 294 g/mol. The molecule has 1 aromatic heterocycles. The third-order valence-electron chi connectivity index (χ3n) is 3.39. The summed E-state index contributed by atoms with van der Waals surface area (Å²) in [6.45, 7) is 7.97. The van der Waals surface area contributed by atoms with Gasteiger partial charge in [0.05, 0.1) is 19.0 Å². The fraction of sp³-hybridized carbons (Fsp3) is 0.667. The molecule has 0 aliphatic heterocycles. The Morgan fingerprint density at radius 2 is 2.05 bits per heavy atom. The molecule has 1 N–H and O–H groups in total. The summed E-state index contributed by atoms with van der Waals surface area (Å²) in [5.74, 6) is 0.535. The molecule has 1 rings (SSSR count). The number of anilines is 1. The molecule has 0 fully saturated rings. The molecular formula is C15H26N4O2. The first-order valence-corrected chi connectivity index (χ1v) is 7.53. The lowest BCUT2D eigenvalue weighted by Crippen LogP contribution is -2.42. The molecule has 0 aromatic carbocycles. The van der Waals surface area contributed by atoms with Crippen molar-refractivity contribution in [2.45, 2.75) is 39.7 Å². The van der Waals surface area contributed by atoms with Crippen molar-refractivity contribution in [3.63, 3.8) is 0 Å². The Balaban J connectivity index is 2.95. The van der Waals surface area contributed by atoms with Crippen LogP contribution in [0.3, 0.4) is 0 Å². The van der Waals surface area contributed by atoms with Crippen LogP contribution in [0.15, 0.2) is 12.4 Å². The summed E-state index contributed by atoms with van der Waals surface area (Å²) >= 11 is 0. The van der Waals surface area contributed by atoms with Crippen molar-refractivity contribution in [1.82, 2.24) is 14.9 Å². The van der Waals surface area contributed by atoms with Crippen LogP contribution in [0, 0.1) is 0 Å². The van der Waals surface area contributed by atoms with Crippen LogP contribution in [0.2, 0.25) is 0 Å². The minimum atomic E-state index is -0.0898. The number of carbonyl (C=O) groups excluding carboxylic acids is 1. The second kappa shape index (κ2) is 9.28. The Labute approximate surface area is 126 Å². The standard InChI is InChI=1S/C15H26N4O2/c1-5-12(6-2)19(8-9-21-4)15(20)13-10-16-11-14(18-13)17-7-3/h10-12H,5-9H2,1-4H3,(H,17,18). The lowest BCUT2D eigenvalue weighted by Gasteiger charge is -2.30. The van der Waals surface area contributed by atoms with Gasteiger partial charge in [-0.2, -0.15) is 0 Å². The largest absolute Gasteiger partial charge is 0.383 e. The van der Waals surface area contributed by atoms with E-state index in [9.17, 15) is 4.79 Å². The first-order valence-electron chi connectivity index (χ1n) is 7.53. The van der Waals surface area contributed by atoms with Gasteiger partial charge in [-0.1, -0.05) is 13.8 Å². The number of hydrogen-bond acceptors (Lipinski definition) is 5. The Morgan fingerprint density at radius 1 is 1.33 bits per heavy atom. The van der Waals surface area contributed by atoms with E-state index in [1.807, 2.05) is 11.8 Å². The SMILES string of the molecule is CCNc1cncc(C(=O)N(CCOC)C(CC)CC)n1. The van der Waals surface area contributed by atoms with E-state index in [0.29, 0.717) is 24.7 Å². The normalized spacial score (nSPS) is 10.7. The first kappa shape index (κ1) is 17.4. The van der Waals surface area contributed by atoms with Gasteiger partial charge in [-0.3, -0.25) is 9.78 Å². The molecule has 0 unspecified atom stereocenters. The number of rotatable bonds is 9. The van der Waals surface area contributed by atoms with E-state index in [-0.39, 0.29) is 11.9 Å². The molecule has 0 atom stereocenters. The molecule has 0 bridgehead atoms. The van der Waals surface area contributed by atoms with Crippen molar-refractivity contribution in [3.05, 3.63) is 18.1 Å². The van der Waals surface area contributed by atoms with Gasteiger partial charge >= 0.3 is 0 Å². The summed E-state index contributed by atoms with van der Waals surface area (Å²) in [6, 6.07) is 0.192. The Bertz CT molecular complexity index is 435. The van der Waals surface area contributed by atoms with Gasteiger partial charge < -0.3 is 15.0 Å². The maximum atomic E-state index is 12.7. The van der Waals surface area contributed by atoms with Crippen molar-refractivity contribution in [2.24, 2.45) is 0 Å². The van der Waals surface area contributed by atoms with Gasteiger partial charge in [-0.05, 0) is 19.8 Å². The number of carbonyl (C=O) groups is 1. The lowest BCUT2D eigenvalue weighted by atomic mass is 10.1. The maximum absolute atomic E-state index is 12.7. The molecule has 0 spiro atoms. The van der Waals surface area contributed by atoms with Crippen LogP contribution in [0.25, 0.3) is 0 Å². The molecule has 118 valence electrons. The number of nitrogens with one attached hydrogen (secondary N) is 1. The van der Waals surface area contributed by atoms with E-state index in [1.165, 1.54) is 6.20 Å². The summed E-state index contributed by atoms with van der Waals surface area (Å²) in [6.07, 6.45) is 4.96. The van der Waals surface area contributed by atoms with E-state index in [2.05, 4.69) is 29.1 Å². The zero-order valence-corrected chi connectivity index (χ0v) is 13.4. The fourth-order valence-corrected chi connectivity index (χ4v) is 2.25. The Morgan fingerprint density at radius 3 is 2.62 bits per heavy atom. The van der Waals surface area contributed by atoms with Crippen LogP contribution < -0.4 is 5.32 Å². The highest BCUT2D eigenvalue weighted by atomic mass is 16.5. The van der Waals surface area contributed by atoms with Gasteiger partial charge in [0, 0.05) is 26.2 Å². The van der Waals surface area contributed by atoms with Gasteiger partial charge in [0.1, 0.15) is 11.5 Å². The van der Waals surface area contributed by atoms with Gasteiger partial charge in [0.25, 0.3) is 5.91 Å². The minimum absolute atomic E-state index is 0.0898. The first-order chi connectivity index (χ1) is 10.2. The third kappa shape index (κ3) is 4.97. The fourth-order valence-electron chi connectivity index (χ4n) is 2.25. The molecule has 1 aromatic rings. The van der Waals surface area contributed by atoms with Crippen molar-refractivity contribution in [3.8, 4) is 0 Å². The topological polar surface area (TPSA) is 67.4 Å². The summed E-state index contributed by atoms with van der Waals surface area (Å²) in [5.41, 5.74) is 0.372. The summed E-state index contributed by atoms with van der Waals surface area (Å²) in [4.78, 5) is 23.0. The van der Waals surface area contributed by atoms with Crippen LogP contribution in [0.5, 0.6) is 0 Å². The summed E-state index contributed by atoms with van der Waals surface area (Å²) in [7, 11) is 1.64. The van der Waals surface area contributed by atoms with Gasteiger partial charge in [0.15, 0.2) is 0 Å². The maximum Gasteiger partial charge on any atom is 0.274 e. The van der Waals surface area contributed by atoms with Crippen LogP contribution >= 0.6 is 0 Å². The Kier molecular flexibility index (Phi) is 7.68. The molecule has 6 heteroatoms. The van der Waals surface area contributed by atoms with Crippen LogP contribution in [-0.4, -0.2) is 53.6 Å². The predicted octanol–water partition coefficient (Wildman–Crippen LogP) is 2.19. The van der Waals surface area contributed by atoms with E-state index < -0.39 is 0 Å². The van der Waals surface area contributed by atoms with E-state index in [4.69, 9.17) is 4.74 Å². The summed E-state index contributed by atoms with van der Waals surface area (Å²) in [5, 5.41) is 3.07. The quantitative estimate of drug-likeness (QED) is 0.756. The smallest absolute Gasteiger partial charge is 0.274 e. The number of methoxy groups -OCH3 is 1. The van der Waals surface area contributed by atoms with Crippen molar-refractivity contribution < 1.29 is 9.53 Å². The highest BCUT2D eigenvalue weighted by molar-refractivity contribution is 5.92. The number of nitrogens with zero attached hydrogens (tertiary/aromatic N) is 3. The van der Waals surface area contributed by atoms with E-state index in [0.717, 1.165) is 19.4 Å². The lowest BCUT2D eigenvalue weighted by molar-refractivity contribution is 0.0583. The second-order valence-electron chi connectivity index (χ2n) is 4.78. The predicted molar refractivity (Wildman–Crippen MR) is 83.5 cm³/mol.